The Hall–Kier alpha value is -2.82. The number of carbonyl (C=O) groups excluding carboxylic acids is 2. The number of fused-ring (bicyclic) bond motifs is 2. The zero-order valence-electron chi connectivity index (χ0n) is 19.0. The summed E-state index contributed by atoms with van der Waals surface area (Å²) in [6.07, 6.45) is 3.75. The lowest BCUT2D eigenvalue weighted by atomic mass is 9.90. The molecular formula is C27H33N3O2. The Labute approximate surface area is 191 Å². The van der Waals surface area contributed by atoms with Crippen LogP contribution in [0.5, 0.6) is 0 Å². The Morgan fingerprint density at radius 1 is 1.00 bits per heavy atom. The summed E-state index contributed by atoms with van der Waals surface area (Å²) in [5, 5.41) is 0. The second kappa shape index (κ2) is 8.97. The van der Waals surface area contributed by atoms with Gasteiger partial charge < -0.3 is 14.7 Å². The van der Waals surface area contributed by atoms with Crippen molar-refractivity contribution in [3.05, 3.63) is 65.7 Å². The summed E-state index contributed by atoms with van der Waals surface area (Å²) in [4.78, 5) is 32.9. The predicted molar refractivity (Wildman–Crippen MR) is 127 cm³/mol. The Morgan fingerprint density at radius 2 is 1.78 bits per heavy atom. The Morgan fingerprint density at radius 3 is 2.62 bits per heavy atom. The maximum absolute atomic E-state index is 13.4. The molecule has 0 aliphatic carbocycles. The largest absolute Gasteiger partial charge is 0.370 e. The third-order valence-electron chi connectivity index (χ3n) is 7.67. The van der Waals surface area contributed by atoms with Crippen LogP contribution in [-0.4, -0.2) is 60.4 Å². The lowest BCUT2D eigenvalue weighted by Crippen LogP contribution is -2.49. The van der Waals surface area contributed by atoms with Gasteiger partial charge in [-0.2, -0.15) is 0 Å². The number of anilines is 1. The predicted octanol–water partition coefficient (Wildman–Crippen LogP) is 3.69. The van der Waals surface area contributed by atoms with Gasteiger partial charge in [-0.1, -0.05) is 48.5 Å². The highest BCUT2D eigenvalue weighted by Crippen LogP contribution is 2.33. The minimum Gasteiger partial charge on any atom is -0.370 e. The van der Waals surface area contributed by atoms with Crippen LogP contribution in [-0.2, 0) is 16.0 Å². The van der Waals surface area contributed by atoms with Crippen molar-refractivity contribution in [3.8, 4) is 0 Å². The summed E-state index contributed by atoms with van der Waals surface area (Å²) in [5.74, 6) is 0.697. The summed E-state index contributed by atoms with van der Waals surface area (Å²) in [7, 11) is 0. The van der Waals surface area contributed by atoms with Crippen molar-refractivity contribution in [1.29, 1.82) is 0 Å². The van der Waals surface area contributed by atoms with Crippen molar-refractivity contribution in [3.63, 3.8) is 0 Å². The molecule has 1 unspecified atom stereocenters. The molecule has 0 N–H and O–H groups in total. The zero-order chi connectivity index (χ0) is 22.1. The second-order valence-electron chi connectivity index (χ2n) is 9.55. The molecule has 3 atom stereocenters. The molecule has 0 aromatic heterocycles. The highest BCUT2D eigenvalue weighted by Gasteiger charge is 2.43. The van der Waals surface area contributed by atoms with Gasteiger partial charge in [0.25, 0.3) is 0 Å². The third kappa shape index (κ3) is 4.01. The van der Waals surface area contributed by atoms with Gasteiger partial charge in [0.15, 0.2) is 0 Å². The van der Waals surface area contributed by atoms with Crippen LogP contribution in [0.2, 0.25) is 0 Å². The molecule has 0 radical (unpaired) electrons. The zero-order valence-corrected chi connectivity index (χ0v) is 19.0. The fourth-order valence-electron chi connectivity index (χ4n) is 5.82. The fraction of sp³-hybridized carbons (Fsp3) is 0.481. The number of hydrogen-bond donors (Lipinski definition) is 0. The molecular weight excluding hydrogens is 398 g/mol. The number of hydrogen-bond acceptors (Lipinski definition) is 3. The maximum atomic E-state index is 13.4. The van der Waals surface area contributed by atoms with Crippen LogP contribution in [0, 0.1) is 5.92 Å². The van der Waals surface area contributed by atoms with Crippen LogP contribution in [0.3, 0.4) is 0 Å². The Balaban J connectivity index is 1.20. The van der Waals surface area contributed by atoms with E-state index in [2.05, 4.69) is 34.1 Å². The van der Waals surface area contributed by atoms with Gasteiger partial charge in [-0.05, 0) is 49.3 Å². The number of nitrogens with zero attached hydrogens (tertiary/aromatic N) is 3. The van der Waals surface area contributed by atoms with Crippen LogP contribution >= 0.6 is 0 Å². The molecule has 0 bridgehead atoms. The monoisotopic (exact) mass is 431 g/mol. The standard InChI is InChI=1S/C27H33N3O2/c1-20(21-8-3-2-4-9-21)27(32)30-15-7-11-23-18-29(19-25(23)30)26(31)14-17-28-16-13-22-10-5-6-12-24(22)28/h2-6,8-10,12,20,23,25H,7,11,13-19H2,1H3/t20?,23-,25+/m0/s1. The van der Waals surface area contributed by atoms with Gasteiger partial charge in [0.1, 0.15) is 0 Å². The van der Waals surface area contributed by atoms with Crippen molar-refractivity contribution >= 4 is 17.5 Å². The SMILES string of the molecule is CC(C(=O)N1CCC[C@H]2CN(C(=O)CCN3CCc4ccccc43)C[C@H]21)c1ccccc1. The van der Waals surface area contributed by atoms with Crippen LogP contribution in [0.1, 0.15) is 43.2 Å². The average Bonchev–Trinajstić information content (AvgIpc) is 3.46. The molecule has 2 aromatic carbocycles. The van der Waals surface area contributed by atoms with Crippen molar-refractivity contribution < 1.29 is 9.59 Å². The van der Waals surface area contributed by atoms with Gasteiger partial charge in [-0.3, -0.25) is 9.59 Å². The van der Waals surface area contributed by atoms with E-state index in [0.29, 0.717) is 18.9 Å². The highest BCUT2D eigenvalue weighted by molar-refractivity contribution is 5.84. The van der Waals surface area contributed by atoms with Gasteiger partial charge in [0.2, 0.25) is 11.8 Å². The normalized spacial score (nSPS) is 23.1. The van der Waals surface area contributed by atoms with E-state index < -0.39 is 0 Å². The van der Waals surface area contributed by atoms with Gasteiger partial charge >= 0.3 is 0 Å². The first-order chi connectivity index (χ1) is 15.6. The number of amides is 2. The number of likely N-dealkylation sites (tertiary alicyclic amines) is 2. The van der Waals surface area contributed by atoms with E-state index in [4.69, 9.17) is 0 Å². The quantitative estimate of drug-likeness (QED) is 0.725. The van der Waals surface area contributed by atoms with Gasteiger partial charge in [0.05, 0.1) is 12.0 Å². The first kappa shape index (κ1) is 21.0. The first-order valence-corrected chi connectivity index (χ1v) is 12.1. The van der Waals surface area contributed by atoms with E-state index in [-0.39, 0.29) is 23.8 Å². The van der Waals surface area contributed by atoms with Crippen molar-refractivity contribution in [2.75, 3.05) is 37.6 Å². The average molecular weight is 432 g/mol. The molecule has 0 spiro atoms. The molecule has 2 amide bonds. The molecule has 5 heteroatoms. The molecule has 32 heavy (non-hydrogen) atoms. The lowest BCUT2D eigenvalue weighted by molar-refractivity contribution is -0.137. The number of rotatable bonds is 5. The molecule has 168 valence electrons. The van der Waals surface area contributed by atoms with Crippen LogP contribution in [0.25, 0.3) is 0 Å². The highest BCUT2D eigenvalue weighted by atomic mass is 16.2. The third-order valence-corrected chi connectivity index (χ3v) is 7.67. The molecule has 5 nitrogen and oxygen atoms in total. The smallest absolute Gasteiger partial charge is 0.230 e. The van der Waals surface area contributed by atoms with Gasteiger partial charge in [-0.15, -0.1) is 0 Å². The minimum absolute atomic E-state index is 0.144. The molecule has 3 heterocycles. The Bertz CT molecular complexity index is 976. The minimum atomic E-state index is -0.144. The van der Waals surface area contributed by atoms with Gasteiger partial charge in [-0.25, -0.2) is 0 Å². The maximum Gasteiger partial charge on any atom is 0.230 e. The summed E-state index contributed by atoms with van der Waals surface area (Å²) < 4.78 is 0. The van der Waals surface area contributed by atoms with Crippen molar-refractivity contribution in [2.45, 2.75) is 44.6 Å². The van der Waals surface area contributed by atoms with Crippen LogP contribution in [0.15, 0.2) is 54.6 Å². The molecule has 2 fully saturated rings. The molecule has 2 saturated heterocycles. The molecule has 5 rings (SSSR count). The lowest BCUT2D eigenvalue weighted by Gasteiger charge is -2.38. The summed E-state index contributed by atoms with van der Waals surface area (Å²) in [6.45, 7) is 6.07. The number of benzene rings is 2. The first-order valence-electron chi connectivity index (χ1n) is 12.1. The molecule has 0 saturated carbocycles. The van der Waals surface area contributed by atoms with Crippen LogP contribution < -0.4 is 4.90 Å². The van der Waals surface area contributed by atoms with E-state index in [1.807, 2.05) is 42.2 Å². The number of carbonyl (C=O) groups is 2. The van der Waals surface area contributed by atoms with E-state index in [1.165, 1.54) is 11.3 Å². The van der Waals surface area contributed by atoms with E-state index in [0.717, 1.165) is 51.0 Å². The molecule has 3 aliphatic rings. The van der Waals surface area contributed by atoms with Crippen molar-refractivity contribution in [2.24, 2.45) is 5.92 Å². The Kier molecular flexibility index (Phi) is 5.90. The number of para-hydroxylation sites is 1. The second-order valence-corrected chi connectivity index (χ2v) is 9.55. The summed E-state index contributed by atoms with van der Waals surface area (Å²) >= 11 is 0. The van der Waals surface area contributed by atoms with Crippen molar-refractivity contribution in [1.82, 2.24) is 9.80 Å². The topological polar surface area (TPSA) is 43.9 Å². The summed E-state index contributed by atoms with van der Waals surface area (Å²) in [6, 6.07) is 18.7. The molecule has 3 aliphatic heterocycles. The molecule has 2 aromatic rings. The van der Waals surface area contributed by atoms with E-state index in [1.54, 1.807) is 0 Å². The van der Waals surface area contributed by atoms with E-state index in [9.17, 15) is 9.59 Å². The van der Waals surface area contributed by atoms with Gasteiger partial charge in [0, 0.05) is 44.8 Å². The fourth-order valence-corrected chi connectivity index (χ4v) is 5.82. The number of piperidine rings is 1. The summed E-state index contributed by atoms with van der Waals surface area (Å²) in [5.41, 5.74) is 3.73. The van der Waals surface area contributed by atoms with E-state index >= 15 is 0 Å². The van der Waals surface area contributed by atoms with Crippen LogP contribution in [0.4, 0.5) is 5.69 Å².